The third-order valence-electron chi connectivity index (χ3n) is 24.9. The van der Waals surface area contributed by atoms with Gasteiger partial charge in [0.25, 0.3) is 0 Å². The smallest absolute Gasteiger partial charge is 0.118 e. The second-order valence-corrected chi connectivity index (χ2v) is 35.4. The van der Waals surface area contributed by atoms with Gasteiger partial charge in [-0.2, -0.15) is 11.8 Å². The number of nitrogens with one attached hydrogen (secondary N) is 4. The van der Waals surface area contributed by atoms with Gasteiger partial charge >= 0.3 is 0 Å². The molecule has 0 spiro atoms. The van der Waals surface area contributed by atoms with Crippen molar-refractivity contribution in [3.05, 3.63) is 108 Å². The Morgan fingerprint density at radius 3 is 1.40 bits per heavy atom. The van der Waals surface area contributed by atoms with Crippen LogP contribution in [0.5, 0.6) is 0 Å². The van der Waals surface area contributed by atoms with Gasteiger partial charge in [0.15, 0.2) is 0 Å². The van der Waals surface area contributed by atoms with E-state index in [2.05, 4.69) is 107 Å². The largest absolute Gasteiger partial charge is 0.314 e. The molecule has 5 aromatic rings. The molecule has 432 valence electrons. The summed E-state index contributed by atoms with van der Waals surface area (Å²) in [5.74, 6) is 15.0. The third-order valence-corrected chi connectivity index (χ3v) is 28.9. The van der Waals surface area contributed by atoms with E-state index in [0.717, 1.165) is 95.8 Å². The van der Waals surface area contributed by atoms with Crippen LogP contribution in [0.25, 0.3) is 15.7 Å². The zero-order chi connectivity index (χ0) is 53.5. The van der Waals surface area contributed by atoms with Gasteiger partial charge in [-0.25, -0.2) is 0 Å². The Labute approximate surface area is 505 Å². The minimum absolute atomic E-state index is 0.424. The Hall–Kier alpha value is -2.12. The van der Waals surface area contributed by atoms with E-state index in [0.29, 0.717) is 22.2 Å². The number of thiophene rings is 1. The van der Waals surface area contributed by atoms with Gasteiger partial charge in [-0.05, 0) is 272 Å². The van der Waals surface area contributed by atoms with Crippen LogP contribution in [0.15, 0.2) is 81.3 Å². The number of thioether (sulfide) groups is 1. The van der Waals surface area contributed by atoms with Crippen LogP contribution >= 0.6 is 57.4 Å². The molecule has 0 atom stereocenters. The van der Waals surface area contributed by atoms with Crippen molar-refractivity contribution in [3.8, 4) is 0 Å². The first-order valence-corrected chi connectivity index (χ1v) is 37.2. The second-order valence-electron chi connectivity index (χ2n) is 31.2. The SMILES string of the molecule is C1=C(CNC23CC4CC(CC(C4)C2)C3)CC2=C1CSC2.C1=C(CNC23CC4CC(CC(C4)C2)C3)Cc2sccc21.Clc1c(CNC23CC4CC(CC(C4)C2)C3)cc2sccn12.c1cn2cc(CNC34CC5CC(CC(C5)C3)C4)cc2s1. The summed E-state index contributed by atoms with van der Waals surface area (Å²) in [6.45, 7) is 4.29. The molecule has 11 heteroatoms. The molecule has 5 aromatic heterocycles. The second kappa shape index (κ2) is 21.0. The fourth-order valence-electron chi connectivity index (χ4n) is 23.2. The Morgan fingerprint density at radius 2 is 0.926 bits per heavy atom. The van der Waals surface area contributed by atoms with E-state index in [1.54, 1.807) is 77.0 Å². The van der Waals surface area contributed by atoms with Gasteiger partial charge < -0.3 is 25.7 Å². The lowest BCUT2D eigenvalue weighted by atomic mass is 9.53. The van der Waals surface area contributed by atoms with Crippen molar-refractivity contribution in [2.45, 2.75) is 202 Å². The molecule has 6 nitrogen and oxygen atoms in total. The lowest BCUT2D eigenvalue weighted by Gasteiger charge is -2.57. The molecule has 24 rings (SSSR count). The fourth-order valence-corrected chi connectivity index (χ4v) is 27.2. The monoisotopic (exact) mass is 1180 g/mol. The summed E-state index contributed by atoms with van der Waals surface area (Å²) in [6, 6.07) is 6.87. The number of halogens is 1. The minimum Gasteiger partial charge on any atom is -0.314 e. The van der Waals surface area contributed by atoms with E-state index >= 15 is 0 Å². The fraction of sp³-hybridized carbons (Fsp3) is 0.686. The van der Waals surface area contributed by atoms with Crippen LogP contribution in [0.4, 0.5) is 0 Å². The molecule has 0 amide bonds. The summed E-state index contributed by atoms with van der Waals surface area (Å²) in [4.78, 5) is 4.20. The number of aromatic nitrogens is 2. The van der Waals surface area contributed by atoms with Crippen LogP contribution in [0.3, 0.4) is 0 Å². The third kappa shape index (κ3) is 10.6. The first kappa shape index (κ1) is 53.1. The molecule has 0 aromatic carbocycles. The molecule has 19 aliphatic rings. The predicted octanol–water partition coefficient (Wildman–Crippen LogP) is 16.9. The van der Waals surface area contributed by atoms with Crippen LogP contribution in [0, 0.1) is 71.0 Å². The summed E-state index contributed by atoms with van der Waals surface area (Å²) >= 11 is 14.1. The average molecular weight is 1180 g/mol. The molecule has 0 radical (unpaired) electrons. The molecule has 1 aliphatic heterocycles. The van der Waals surface area contributed by atoms with E-state index in [1.807, 2.05) is 22.7 Å². The van der Waals surface area contributed by atoms with Gasteiger partial charge in [0.2, 0.25) is 0 Å². The van der Waals surface area contributed by atoms with Gasteiger partial charge in [-0.1, -0.05) is 40.5 Å². The number of hydrogen-bond donors (Lipinski definition) is 4. The molecular formula is C70H91ClN6S4. The highest BCUT2D eigenvalue weighted by Gasteiger charge is 2.54. The van der Waals surface area contributed by atoms with Crippen molar-refractivity contribution < 1.29 is 0 Å². The highest BCUT2D eigenvalue weighted by molar-refractivity contribution is 7.99. The van der Waals surface area contributed by atoms with Crippen LogP contribution in [-0.4, -0.2) is 55.6 Å². The van der Waals surface area contributed by atoms with E-state index in [1.165, 1.54) is 173 Å². The van der Waals surface area contributed by atoms with Gasteiger partial charge in [-0.15, -0.1) is 34.0 Å². The maximum Gasteiger partial charge on any atom is 0.118 e. The van der Waals surface area contributed by atoms with E-state index in [4.69, 9.17) is 11.6 Å². The quantitative estimate of drug-likeness (QED) is 0.100. The summed E-state index contributed by atoms with van der Waals surface area (Å²) in [6.07, 6.45) is 49.7. The minimum atomic E-state index is 0.424. The number of hydrogen-bond acceptors (Lipinski definition) is 8. The van der Waals surface area contributed by atoms with Crippen molar-refractivity contribution in [1.29, 1.82) is 0 Å². The van der Waals surface area contributed by atoms with Crippen LogP contribution < -0.4 is 21.3 Å². The number of allylic oxidation sites excluding steroid dienone is 1. The van der Waals surface area contributed by atoms with E-state index < -0.39 is 0 Å². The molecule has 0 unspecified atom stereocenters. The first-order valence-electron chi connectivity index (χ1n) is 33.1. The van der Waals surface area contributed by atoms with Gasteiger partial charge in [0.05, 0.1) is 4.83 Å². The summed E-state index contributed by atoms with van der Waals surface area (Å²) in [7, 11) is 0. The highest BCUT2D eigenvalue weighted by Crippen LogP contribution is 2.59. The van der Waals surface area contributed by atoms with Crippen molar-refractivity contribution in [2.75, 3.05) is 24.6 Å². The van der Waals surface area contributed by atoms with Crippen molar-refractivity contribution in [2.24, 2.45) is 71.0 Å². The summed E-state index contributed by atoms with van der Waals surface area (Å²) < 4.78 is 4.35. The topological polar surface area (TPSA) is 56.9 Å². The van der Waals surface area contributed by atoms with Crippen molar-refractivity contribution >= 4 is 73.1 Å². The Kier molecular flexibility index (Phi) is 13.8. The van der Waals surface area contributed by atoms with Crippen LogP contribution in [0.2, 0.25) is 5.15 Å². The van der Waals surface area contributed by atoms with Gasteiger partial charge in [-0.3, -0.25) is 4.40 Å². The molecule has 16 saturated carbocycles. The van der Waals surface area contributed by atoms with E-state index in [-0.39, 0.29) is 0 Å². The number of thiazole rings is 2. The molecule has 4 N–H and O–H groups in total. The molecule has 16 fully saturated rings. The molecule has 6 heterocycles. The Balaban J connectivity index is 0.0000000861. The molecule has 0 saturated heterocycles. The van der Waals surface area contributed by atoms with Crippen molar-refractivity contribution in [1.82, 2.24) is 30.1 Å². The van der Waals surface area contributed by atoms with Crippen LogP contribution in [0.1, 0.15) is 182 Å². The summed E-state index contributed by atoms with van der Waals surface area (Å²) in [5, 5.41) is 23.4. The van der Waals surface area contributed by atoms with Crippen molar-refractivity contribution in [3.63, 3.8) is 0 Å². The Bertz CT molecular complexity index is 3080. The number of nitrogens with zero attached hydrogens (tertiary/aromatic N) is 2. The highest BCUT2D eigenvalue weighted by atomic mass is 35.5. The summed E-state index contributed by atoms with van der Waals surface area (Å²) in [5.41, 5.74) is 12.9. The molecule has 16 bridgehead atoms. The molecule has 81 heavy (non-hydrogen) atoms. The van der Waals surface area contributed by atoms with E-state index in [9.17, 15) is 0 Å². The normalized spacial score (nSPS) is 40.7. The zero-order valence-electron chi connectivity index (χ0n) is 48.3. The number of rotatable bonds is 12. The Morgan fingerprint density at radius 1 is 0.469 bits per heavy atom. The first-order chi connectivity index (χ1) is 39.5. The lowest BCUT2D eigenvalue weighted by Crippen LogP contribution is -2.58. The maximum atomic E-state index is 6.51. The zero-order valence-corrected chi connectivity index (χ0v) is 52.3. The molecule has 18 aliphatic carbocycles. The van der Waals surface area contributed by atoms with Gasteiger partial charge in [0.1, 0.15) is 9.98 Å². The van der Waals surface area contributed by atoms with Crippen LogP contribution in [-0.2, 0) is 19.5 Å². The number of fused-ring (bicyclic) bond motifs is 3. The van der Waals surface area contributed by atoms with Gasteiger partial charge in [0, 0.05) is 106 Å². The predicted molar refractivity (Wildman–Crippen MR) is 342 cm³/mol. The lowest BCUT2D eigenvalue weighted by molar-refractivity contribution is -0.0207. The average Bonchev–Trinajstić information content (AvgIpc) is 4.28. The molecular weight excluding hydrogens is 1090 g/mol. The maximum absolute atomic E-state index is 6.51. The standard InChI is InChI=1S/C18H25NS.C18H23NS.C17H21ClN2S.C17H22N2S/c1-12-2-14-3-13(1)7-18(6-12,8-14)19-9-15-4-16-10-20-11-17(16)5-15;1-2-20-17-7-15(6-16(1)17)11-19-18-8-12-3-13(9-18)5-14(4-12)10-18;18-16-14(6-15-20(16)1-2-21-15)10-19-17-7-11-3-12(8-17)5-13(4-11)9-17;1-2-20-16-6-15(11-19(1)16)10-18-17-7-12-3-13(8-17)5-14(4-12)9-17/h4,12-14,19H,1-3,5-11H2;1-2,6,12-14,19H,3-5,7-11H2;1-2,6,11-13,19H,3-5,7-10H2;1-2,6,11-14,18H,3-5,7-10H2.